The molecule has 2 aliphatic rings. The van der Waals surface area contributed by atoms with Gasteiger partial charge in [0.2, 0.25) is 0 Å². The molecule has 2 unspecified atom stereocenters. The maximum Gasteiger partial charge on any atom is 0.0641 e. The van der Waals surface area contributed by atoms with Gasteiger partial charge < -0.3 is 10.1 Å². The summed E-state index contributed by atoms with van der Waals surface area (Å²) in [6, 6.07) is 1.38. The van der Waals surface area contributed by atoms with E-state index in [1.54, 1.807) is 0 Å². The van der Waals surface area contributed by atoms with Crippen molar-refractivity contribution in [2.24, 2.45) is 5.92 Å². The molecule has 1 aliphatic carbocycles. The van der Waals surface area contributed by atoms with Crippen LogP contribution in [0.5, 0.6) is 0 Å². The molecular formula is C13H25NO. The maximum atomic E-state index is 5.74. The van der Waals surface area contributed by atoms with Crippen molar-refractivity contribution in [2.75, 3.05) is 6.61 Å². The van der Waals surface area contributed by atoms with Crippen LogP contribution in [0.3, 0.4) is 0 Å². The van der Waals surface area contributed by atoms with E-state index in [4.69, 9.17) is 4.74 Å². The molecule has 1 heterocycles. The molecule has 88 valence electrons. The third-order valence-electron chi connectivity index (χ3n) is 4.05. The molecular weight excluding hydrogens is 186 g/mol. The fourth-order valence-corrected chi connectivity index (χ4v) is 2.82. The third kappa shape index (κ3) is 2.94. The monoisotopic (exact) mass is 211 g/mol. The zero-order valence-electron chi connectivity index (χ0n) is 10.4. The number of nitrogens with one attached hydrogen (secondary N) is 1. The molecule has 0 amide bonds. The third-order valence-corrected chi connectivity index (χ3v) is 4.05. The predicted molar refractivity (Wildman–Crippen MR) is 63.0 cm³/mol. The normalized spacial score (nSPS) is 33.4. The van der Waals surface area contributed by atoms with E-state index in [2.05, 4.69) is 26.1 Å². The van der Waals surface area contributed by atoms with Crippen LogP contribution in [0.15, 0.2) is 0 Å². The first-order valence-electron chi connectivity index (χ1n) is 6.47. The van der Waals surface area contributed by atoms with Gasteiger partial charge in [0.25, 0.3) is 0 Å². The van der Waals surface area contributed by atoms with E-state index < -0.39 is 0 Å². The first-order chi connectivity index (χ1) is 7.07. The van der Waals surface area contributed by atoms with Crippen molar-refractivity contribution in [1.82, 2.24) is 5.32 Å². The Morgan fingerprint density at radius 1 is 1.27 bits per heavy atom. The van der Waals surface area contributed by atoms with Gasteiger partial charge in [-0.1, -0.05) is 6.42 Å². The standard InChI is InChI=1S/C13H25NO/c1-10(11-5-4-6-11)14-12-7-8-15-13(2,3)9-12/h10-12,14H,4-9H2,1-3H3. The van der Waals surface area contributed by atoms with Crippen LogP contribution in [-0.4, -0.2) is 24.3 Å². The Labute approximate surface area is 93.8 Å². The Morgan fingerprint density at radius 3 is 2.53 bits per heavy atom. The van der Waals surface area contributed by atoms with Crippen LogP contribution in [0, 0.1) is 5.92 Å². The van der Waals surface area contributed by atoms with Gasteiger partial charge in [0, 0.05) is 18.7 Å². The largest absolute Gasteiger partial charge is 0.375 e. The molecule has 0 bridgehead atoms. The number of hydrogen-bond donors (Lipinski definition) is 1. The lowest BCUT2D eigenvalue weighted by Crippen LogP contribution is -2.49. The molecule has 2 fully saturated rings. The molecule has 1 saturated carbocycles. The summed E-state index contributed by atoms with van der Waals surface area (Å²) in [7, 11) is 0. The minimum atomic E-state index is 0.0786. The predicted octanol–water partition coefficient (Wildman–Crippen LogP) is 2.72. The summed E-state index contributed by atoms with van der Waals surface area (Å²) in [5.74, 6) is 0.941. The maximum absolute atomic E-state index is 5.74. The van der Waals surface area contributed by atoms with Crippen molar-refractivity contribution in [1.29, 1.82) is 0 Å². The SMILES string of the molecule is CC(NC1CCOC(C)(C)C1)C1CCC1. The first-order valence-corrected chi connectivity index (χ1v) is 6.47. The van der Waals surface area contributed by atoms with Gasteiger partial charge >= 0.3 is 0 Å². The molecule has 0 aromatic heterocycles. The van der Waals surface area contributed by atoms with Crippen LogP contribution in [0.2, 0.25) is 0 Å². The van der Waals surface area contributed by atoms with E-state index in [-0.39, 0.29) is 5.60 Å². The quantitative estimate of drug-likeness (QED) is 0.775. The van der Waals surface area contributed by atoms with Gasteiger partial charge in [-0.3, -0.25) is 0 Å². The Kier molecular flexibility index (Phi) is 3.36. The van der Waals surface area contributed by atoms with Crippen LogP contribution < -0.4 is 5.32 Å². The zero-order valence-corrected chi connectivity index (χ0v) is 10.4. The second-order valence-electron chi connectivity index (χ2n) is 5.94. The van der Waals surface area contributed by atoms with E-state index in [9.17, 15) is 0 Å². The van der Waals surface area contributed by atoms with Gasteiger partial charge in [-0.2, -0.15) is 0 Å². The van der Waals surface area contributed by atoms with Gasteiger partial charge in [0.15, 0.2) is 0 Å². The Balaban J connectivity index is 1.78. The molecule has 0 spiro atoms. The number of rotatable bonds is 3. The second-order valence-corrected chi connectivity index (χ2v) is 5.94. The summed E-state index contributed by atoms with van der Waals surface area (Å²) in [5, 5.41) is 3.80. The lowest BCUT2D eigenvalue weighted by atomic mass is 9.79. The van der Waals surface area contributed by atoms with Gasteiger partial charge in [-0.15, -0.1) is 0 Å². The van der Waals surface area contributed by atoms with Gasteiger partial charge in [0.1, 0.15) is 0 Å². The van der Waals surface area contributed by atoms with Gasteiger partial charge in [0.05, 0.1) is 5.60 Å². The van der Waals surface area contributed by atoms with Crippen molar-refractivity contribution < 1.29 is 4.74 Å². The van der Waals surface area contributed by atoms with Crippen LogP contribution in [0.25, 0.3) is 0 Å². The van der Waals surface area contributed by atoms with E-state index in [0.29, 0.717) is 12.1 Å². The van der Waals surface area contributed by atoms with Crippen molar-refractivity contribution in [3.05, 3.63) is 0 Å². The molecule has 0 aromatic carbocycles. The fraction of sp³-hybridized carbons (Fsp3) is 1.00. The van der Waals surface area contributed by atoms with E-state index >= 15 is 0 Å². The average molecular weight is 211 g/mol. The van der Waals surface area contributed by atoms with E-state index in [1.807, 2.05) is 0 Å². The van der Waals surface area contributed by atoms with Crippen molar-refractivity contribution in [3.63, 3.8) is 0 Å². The highest BCUT2D eigenvalue weighted by Gasteiger charge is 2.31. The average Bonchev–Trinajstić information content (AvgIpc) is 1.97. The van der Waals surface area contributed by atoms with E-state index in [0.717, 1.165) is 18.9 Å². The fourth-order valence-electron chi connectivity index (χ4n) is 2.82. The summed E-state index contributed by atoms with van der Waals surface area (Å²) < 4.78 is 5.74. The summed E-state index contributed by atoms with van der Waals surface area (Å²) in [5.41, 5.74) is 0.0786. The Hall–Kier alpha value is -0.0800. The minimum absolute atomic E-state index is 0.0786. The molecule has 2 atom stereocenters. The van der Waals surface area contributed by atoms with E-state index in [1.165, 1.54) is 25.7 Å². The molecule has 2 rings (SSSR count). The highest BCUT2D eigenvalue weighted by Crippen LogP contribution is 2.31. The lowest BCUT2D eigenvalue weighted by molar-refractivity contribution is -0.0652. The topological polar surface area (TPSA) is 21.3 Å². The molecule has 15 heavy (non-hydrogen) atoms. The van der Waals surface area contributed by atoms with Crippen LogP contribution in [-0.2, 0) is 4.74 Å². The second kappa shape index (κ2) is 4.42. The van der Waals surface area contributed by atoms with Crippen molar-refractivity contribution in [2.45, 2.75) is 70.6 Å². The molecule has 2 nitrogen and oxygen atoms in total. The number of ether oxygens (including phenoxy) is 1. The molecule has 1 N–H and O–H groups in total. The van der Waals surface area contributed by atoms with Crippen molar-refractivity contribution in [3.8, 4) is 0 Å². The summed E-state index contributed by atoms with van der Waals surface area (Å²) in [6.45, 7) is 7.68. The molecule has 1 saturated heterocycles. The molecule has 0 aromatic rings. The molecule has 0 radical (unpaired) electrons. The van der Waals surface area contributed by atoms with Crippen LogP contribution in [0.4, 0.5) is 0 Å². The van der Waals surface area contributed by atoms with Crippen molar-refractivity contribution >= 4 is 0 Å². The zero-order chi connectivity index (χ0) is 10.9. The minimum Gasteiger partial charge on any atom is -0.375 e. The Morgan fingerprint density at radius 2 is 2.00 bits per heavy atom. The highest BCUT2D eigenvalue weighted by molar-refractivity contribution is 4.87. The summed E-state index contributed by atoms with van der Waals surface area (Å²) >= 11 is 0. The summed E-state index contributed by atoms with van der Waals surface area (Å²) in [6.07, 6.45) is 6.64. The van der Waals surface area contributed by atoms with Gasteiger partial charge in [-0.25, -0.2) is 0 Å². The highest BCUT2D eigenvalue weighted by atomic mass is 16.5. The van der Waals surface area contributed by atoms with Crippen LogP contribution >= 0.6 is 0 Å². The first kappa shape index (κ1) is 11.4. The lowest BCUT2D eigenvalue weighted by Gasteiger charge is -2.40. The van der Waals surface area contributed by atoms with Crippen LogP contribution in [0.1, 0.15) is 52.9 Å². The Bertz CT molecular complexity index is 211. The smallest absolute Gasteiger partial charge is 0.0641 e. The van der Waals surface area contributed by atoms with Gasteiger partial charge in [-0.05, 0) is 52.4 Å². The number of hydrogen-bond acceptors (Lipinski definition) is 2. The molecule has 1 aliphatic heterocycles. The molecule has 2 heteroatoms. The summed E-state index contributed by atoms with van der Waals surface area (Å²) in [4.78, 5) is 0.